The maximum absolute atomic E-state index is 10.9. The number of carbonyl (C=O) groups is 1. The van der Waals surface area contributed by atoms with Gasteiger partial charge in [-0.1, -0.05) is 0 Å². The van der Waals surface area contributed by atoms with Gasteiger partial charge in [0.05, 0.1) is 13.7 Å². The fraction of sp³-hybridized carbons (Fsp3) is 0.875. The van der Waals surface area contributed by atoms with Crippen LogP contribution in [0.15, 0.2) is 0 Å². The van der Waals surface area contributed by atoms with Crippen molar-refractivity contribution in [3.8, 4) is 0 Å². The molecule has 0 saturated carbocycles. The molecule has 1 aliphatic rings. The third kappa shape index (κ3) is 2.44. The molecule has 1 aliphatic heterocycles. The largest absolute Gasteiger partial charge is 0.467 e. The van der Waals surface area contributed by atoms with E-state index >= 15 is 0 Å². The van der Waals surface area contributed by atoms with Gasteiger partial charge in [0.25, 0.3) is 0 Å². The van der Waals surface area contributed by atoms with Crippen LogP contribution in [-0.4, -0.2) is 70.6 Å². The van der Waals surface area contributed by atoms with Crippen LogP contribution in [0.4, 0.5) is 0 Å². The second kappa shape index (κ2) is 4.86. The third-order valence-corrected chi connectivity index (χ3v) is 2.29. The molecule has 0 spiro atoms. The number of methoxy groups -OCH3 is 1. The number of aliphatic hydroxyl groups is 4. The fourth-order valence-corrected chi connectivity index (χ4v) is 1.36. The van der Waals surface area contributed by atoms with Gasteiger partial charge in [-0.15, -0.1) is 0 Å². The van der Waals surface area contributed by atoms with Gasteiger partial charge in [-0.2, -0.15) is 0 Å². The van der Waals surface area contributed by atoms with Gasteiger partial charge in [0.1, 0.15) is 24.4 Å². The van der Waals surface area contributed by atoms with Crippen molar-refractivity contribution >= 4 is 5.97 Å². The first-order chi connectivity index (χ1) is 6.99. The van der Waals surface area contributed by atoms with E-state index in [2.05, 4.69) is 4.74 Å². The Hall–Kier alpha value is -0.730. The van der Waals surface area contributed by atoms with E-state index in [1.807, 2.05) is 0 Å². The molecular weight excluding hydrogens is 208 g/mol. The van der Waals surface area contributed by atoms with E-state index < -0.39 is 36.5 Å². The topological polar surface area (TPSA) is 116 Å². The van der Waals surface area contributed by atoms with E-state index in [0.29, 0.717) is 0 Å². The van der Waals surface area contributed by atoms with Crippen molar-refractivity contribution in [2.75, 3.05) is 13.7 Å². The summed E-state index contributed by atoms with van der Waals surface area (Å²) < 4.78 is 9.10. The van der Waals surface area contributed by atoms with Crippen molar-refractivity contribution in [1.82, 2.24) is 0 Å². The summed E-state index contributed by atoms with van der Waals surface area (Å²) in [7, 11) is 1.08. The first-order valence-electron chi connectivity index (χ1n) is 4.40. The Morgan fingerprint density at radius 3 is 2.53 bits per heavy atom. The molecule has 1 fully saturated rings. The predicted molar refractivity (Wildman–Crippen MR) is 45.8 cm³/mol. The second-order valence-electron chi connectivity index (χ2n) is 3.31. The highest BCUT2D eigenvalue weighted by atomic mass is 16.6. The Kier molecular flexibility index (Phi) is 4.00. The Balaban J connectivity index is 2.66. The summed E-state index contributed by atoms with van der Waals surface area (Å²) in [5.41, 5.74) is 0. The molecule has 1 saturated heterocycles. The van der Waals surface area contributed by atoms with E-state index in [9.17, 15) is 20.1 Å². The number of aliphatic hydroxyl groups excluding tert-OH is 4. The molecule has 0 aromatic heterocycles. The van der Waals surface area contributed by atoms with Gasteiger partial charge in [0.2, 0.25) is 0 Å². The van der Waals surface area contributed by atoms with Crippen LogP contribution in [0, 0.1) is 0 Å². The van der Waals surface area contributed by atoms with Crippen molar-refractivity contribution in [2.24, 2.45) is 0 Å². The van der Waals surface area contributed by atoms with Crippen LogP contribution in [0.25, 0.3) is 0 Å². The van der Waals surface area contributed by atoms with Crippen LogP contribution in [0.3, 0.4) is 0 Å². The molecule has 15 heavy (non-hydrogen) atoms. The molecule has 1 unspecified atom stereocenters. The zero-order chi connectivity index (χ0) is 11.6. The Bertz CT molecular complexity index is 231. The standard InChI is InChI=1S/C8H14O7/c1-14-8(13)6(12)7-5(11)4(10)3(9)2-15-7/h3-7,9-12H,2H2,1H3/t3-,4+,5-,6?,7-/m0/s1. The van der Waals surface area contributed by atoms with Gasteiger partial charge >= 0.3 is 5.97 Å². The number of hydrogen-bond donors (Lipinski definition) is 4. The molecular formula is C8H14O7. The minimum atomic E-state index is -1.69. The minimum absolute atomic E-state index is 0.267. The summed E-state index contributed by atoms with van der Waals surface area (Å²) in [5, 5.41) is 37.2. The van der Waals surface area contributed by atoms with Gasteiger partial charge < -0.3 is 29.9 Å². The van der Waals surface area contributed by atoms with E-state index in [1.54, 1.807) is 0 Å². The maximum Gasteiger partial charge on any atom is 0.337 e. The molecule has 0 amide bonds. The van der Waals surface area contributed by atoms with Gasteiger partial charge in [-0.3, -0.25) is 0 Å². The predicted octanol–water partition coefficient (Wildman–Crippen LogP) is -3.00. The number of hydrogen-bond acceptors (Lipinski definition) is 7. The Labute approximate surface area is 85.9 Å². The zero-order valence-electron chi connectivity index (χ0n) is 8.11. The maximum atomic E-state index is 10.9. The molecule has 1 heterocycles. The Morgan fingerprint density at radius 1 is 1.40 bits per heavy atom. The lowest BCUT2D eigenvalue weighted by Gasteiger charge is -2.36. The number of esters is 1. The third-order valence-electron chi connectivity index (χ3n) is 2.29. The normalized spacial score (nSPS) is 38.5. The average Bonchev–Trinajstić information content (AvgIpc) is 2.24. The summed E-state index contributed by atoms with van der Waals surface area (Å²) in [6, 6.07) is 0. The molecule has 7 heteroatoms. The van der Waals surface area contributed by atoms with Crippen molar-refractivity contribution in [2.45, 2.75) is 30.5 Å². The molecule has 0 bridgehead atoms. The summed E-state index contributed by atoms with van der Waals surface area (Å²) in [6.07, 6.45) is -7.21. The molecule has 4 N–H and O–H groups in total. The molecule has 5 atom stereocenters. The number of carbonyl (C=O) groups excluding carboxylic acids is 1. The van der Waals surface area contributed by atoms with Crippen molar-refractivity contribution in [3.63, 3.8) is 0 Å². The van der Waals surface area contributed by atoms with Gasteiger partial charge in [-0.05, 0) is 0 Å². The first kappa shape index (κ1) is 12.3. The molecule has 0 aromatic rings. The number of rotatable bonds is 2. The van der Waals surface area contributed by atoms with Crippen molar-refractivity contribution in [1.29, 1.82) is 0 Å². The van der Waals surface area contributed by atoms with Crippen molar-refractivity contribution < 1.29 is 34.7 Å². The first-order valence-corrected chi connectivity index (χ1v) is 4.40. The highest BCUT2D eigenvalue weighted by molar-refractivity contribution is 5.75. The average molecular weight is 222 g/mol. The summed E-state index contributed by atoms with van der Waals surface area (Å²) in [6.45, 7) is -0.267. The molecule has 0 aromatic carbocycles. The van der Waals surface area contributed by atoms with E-state index in [4.69, 9.17) is 9.84 Å². The van der Waals surface area contributed by atoms with Gasteiger partial charge in [-0.25, -0.2) is 4.79 Å². The molecule has 0 radical (unpaired) electrons. The van der Waals surface area contributed by atoms with Crippen LogP contribution < -0.4 is 0 Å². The lowest BCUT2D eigenvalue weighted by atomic mass is 9.96. The smallest absolute Gasteiger partial charge is 0.337 e. The number of ether oxygens (including phenoxy) is 2. The fourth-order valence-electron chi connectivity index (χ4n) is 1.36. The highest BCUT2D eigenvalue weighted by Gasteiger charge is 2.43. The lowest BCUT2D eigenvalue weighted by Crippen LogP contribution is -2.58. The van der Waals surface area contributed by atoms with Crippen LogP contribution in [0.5, 0.6) is 0 Å². The zero-order valence-corrected chi connectivity index (χ0v) is 8.11. The van der Waals surface area contributed by atoms with Gasteiger partial charge in [0.15, 0.2) is 6.10 Å². The second-order valence-corrected chi connectivity index (χ2v) is 3.31. The monoisotopic (exact) mass is 222 g/mol. The summed E-state index contributed by atoms with van der Waals surface area (Å²) in [5.74, 6) is -0.970. The van der Waals surface area contributed by atoms with E-state index in [1.165, 1.54) is 0 Å². The SMILES string of the molecule is COC(=O)C(O)[C@H]1OC[C@H](O)[C@@H](O)[C@@H]1O. The minimum Gasteiger partial charge on any atom is -0.467 e. The highest BCUT2D eigenvalue weighted by Crippen LogP contribution is 2.18. The van der Waals surface area contributed by atoms with E-state index in [-0.39, 0.29) is 6.61 Å². The lowest BCUT2D eigenvalue weighted by molar-refractivity contribution is -0.216. The van der Waals surface area contributed by atoms with Crippen molar-refractivity contribution in [3.05, 3.63) is 0 Å². The van der Waals surface area contributed by atoms with E-state index in [0.717, 1.165) is 7.11 Å². The summed E-state index contributed by atoms with van der Waals surface area (Å²) >= 11 is 0. The quantitative estimate of drug-likeness (QED) is 0.368. The Morgan fingerprint density at radius 2 is 2.00 bits per heavy atom. The molecule has 1 rings (SSSR count). The van der Waals surface area contributed by atoms with Crippen LogP contribution >= 0.6 is 0 Å². The van der Waals surface area contributed by atoms with Gasteiger partial charge in [0, 0.05) is 0 Å². The molecule has 88 valence electrons. The van der Waals surface area contributed by atoms with Crippen LogP contribution in [-0.2, 0) is 14.3 Å². The summed E-state index contributed by atoms with van der Waals surface area (Å²) in [4.78, 5) is 10.9. The molecule has 0 aliphatic carbocycles. The molecule has 7 nitrogen and oxygen atoms in total. The van der Waals surface area contributed by atoms with Crippen LogP contribution in [0.1, 0.15) is 0 Å². The van der Waals surface area contributed by atoms with Crippen LogP contribution in [0.2, 0.25) is 0 Å².